The minimum absolute atomic E-state index is 0.0000180. The highest BCUT2D eigenvalue weighted by Crippen LogP contribution is 2.30. The van der Waals surface area contributed by atoms with E-state index in [0.29, 0.717) is 22.6 Å². The average Bonchev–Trinajstić information content (AvgIpc) is 3.29. The van der Waals surface area contributed by atoms with Crippen LogP contribution in [-0.2, 0) is 19.4 Å². The molecular formula is C17H16BrClN2O5S2. The summed E-state index contributed by atoms with van der Waals surface area (Å²) >= 11 is 10.9. The van der Waals surface area contributed by atoms with Crippen LogP contribution in [-0.4, -0.2) is 48.1 Å². The summed E-state index contributed by atoms with van der Waals surface area (Å²) in [6.07, 6.45) is 3.08. The highest BCUT2D eigenvalue weighted by atomic mass is 79.9. The number of thiophene rings is 1. The second kappa shape index (κ2) is 8.48. The monoisotopic (exact) mass is 506 g/mol. The van der Waals surface area contributed by atoms with Crippen molar-refractivity contribution in [2.45, 2.75) is 19.4 Å². The van der Waals surface area contributed by atoms with Crippen LogP contribution in [0.5, 0.6) is 0 Å². The maximum atomic E-state index is 12.0. The third kappa shape index (κ3) is 4.91. The number of carbonyl (C=O) groups excluding carboxylic acids is 2. The number of esters is 1. The van der Waals surface area contributed by atoms with E-state index in [1.807, 2.05) is 0 Å². The minimum Gasteiger partial charge on any atom is -0.454 e. The maximum Gasteiger partial charge on any atom is 0.331 e. The first-order valence-corrected chi connectivity index (χ1v) is 12.1. The molecule has 7 nitrogen and oxygen atoms in total. The molecule has 1 aliphatic heterocycles. The smallest absolute Gasteiger partial charge is 0.331 e. The lowest BCUT2D eigenvalue weighted by molar-refractivity contribution is -0.136. The first-order valence-electron chi connectivity index (χ1n) is 8.24. The van der Waals surface area contributed by atoms with Crippen LogP contribution in [0.4, 0.5) is 0 Å². The number of ketones is 1. The number of Topliss-reactive ketones (excluding diaryl/α,β-unsaturated/α-hetero) is 1. The number of rotatable bonds is 6. The zero-order chi connectivity index (χ0) is 20.5. The van der Waals surface area contributed by atoms with Gasteiger partial charge in [-0.25, -0.2) is 17.9 Å². The molecule has 3 rings (SSSR count). The Bertz CT molecular complexity index is 1060. The number of carbonyl (C=O) groups is 2. The molecule has 1 saturated heterocycles. The van der Waals surface area contributed by atoms with Gasteiger partial charge < -0.3 is 4.74 Å². The second-order valence-corrected chi connectivity index (χ2v) is 11.3. The lowest BCUT2D eigenvalue weighted by atomic mass is 10.2. The predicted octanol–water partition coefficient (Wildman–Crippen LogP) is 3.47. The van der Waals surface area contributed by atoms with Crippen LogP contribution in [0.25, 0.3) is 6.08 Å². The SMILES string of the molecule is Cc1nn(C2CCS(=O)(=O)C2)c(Cl)c1C=CC(=O)OCC(=O)c1ccc(Br)s1. The van der Waals surface area contributed by atoms with Crippen LogP contribution in [0.2, 0.25) is 5.15 Å². The molecule has 1 fully saturated rings. The number of hydrogen-bond donors (Lipinski definition) is 0. The van der Waals surface area contributed by atoms with Gasteiger partial charge in [-0.1, -0.05) is 11.6 Å². The zero-order valence-corrected chi connectivity index (χ0v) is 18.7. The van der Waals surface area contributed by atoms with Gasteiger partial charge in [-0.05, 0) is 47.5 Å². The van der Waals surface area contributed by atoms with Gasteiger partial charge in [-0.3, -0.25) is 4.79 Å². The Kier molecular flexibility index (Phi) is 6.43. The maximum absolute atomic E-state index is 12.0. The number of aromatic nitrogens is 2. The summed E-state index contributed by atoms with van der Waals surface area (Å²) in [5.74, 6) is -0.864. The van der Waals surface area contributed by atoms with Crippen molar-refractivity contribution < 1.29 is 22.7 Å². The van der Waals surface area contributed by atoms with Gasteiger partial charge in [0.05, 0.1) is 31.9 Å². The van der Waals surface area contributed by atoms with Gasteiger partial charge >= 0.3 is 5.97 Å². The van der Waals surface area contributed by atoms with Gasteiger partial charge in [-0.2, -0.15) is 5.10 Å². The zero-order valence-electron chi connectivity index (χ0n) is 14.7. The molecule has 1 unspecified atom stereocenters. The number of ether oxygens (including phenoxy) is 1. The standard InChI is InChI=1S/C17H16BrClN2O5S2/c1-10-12(17(19)21(20-10)11-6-7-28(24,25)9-11)2-5-16(23)26-8-13(22)14-3-4-15(18)27-14/h2-5,11H,6-9H2,1H3. The molecule has 1 atom stereocenters. The van der Waals surface area contributed by atoms with Crippen LogP contribution in [0, 0.1) is 6.92 Å². The van der Waals surface area contributed by atoms with E-state index in [0.717, 1.165) is 3.79 Å². The van der Waals surface area contributed by atoms with Gasteiger partial charge in [-0.15, -0.1) is 11.3 Å². The highest BCUT2D eigenvalue weighted by molar-refractivity contribution is 9.11. The molecule has 0 bridgehead atoms. The molecule has 3 heterocycles. The number of hydrogen-bond acceptors (Lipinski definition) is 7. The molecule has 0 aliphatic carbocycles. The molecule has 1 aliphatic rings. The summed E-state index contributed by atoms with van der Waals surface area (Å²) in [5.41, 5.74) is 1.08. The molecule has 2 aromatic heterocycles. The van der Waals surface area contributed by atoms with Crippen molar-refractivity contribution in [2.75, 3.05) is 18.1 Å². The molecule has 150 valence electrons. The molecule has 0 amide bonds. The lowest BCUT2D eigenvalue weighted by Crippen LogP contribution is -2.12. The van der Waals surface area contributed by atoms with E-state index < -0.39 is 15.8 Å². The van der Waals surface area contributed by atoms with Gasteiger partial charge in [0.25, 0.3) is 0 Å². The molecule has 11 heteroatoms. The third-order valence-corrected chi connectivity index (χ3v) is 8.00. The van der Waals surface area contributed by atoms with E-state index in [-0.39, 0.29) is 35.1 Å². The fraction of sp³-hybridized carbons (Fsp3) is 0.353. The van der Waals surface area contributed by atoms with Crippen LogP contribution >= 0.6 is 38.9 Å². The quantitative estimate of drug-likeness (QED) is 0.337. The predicted molar refractivity (Wildman–Crippen MR) is 111 cm³/mol. The summed E-state index contributed by atoms with van der Waals surface area (Å²) in [5, 5.41) is 4.58. The Labute approximate surface area is 179 Å². The second-order valence-electron chi connectivity index (χ2n) is 6.26. The summed E-state index contributed by atoms with van der Waals surface area (Å²) in [4.78, 5) is 24.4. The first kappa shape index (κ1) is 21.2. The number of halogens is 2. The normalized spacial score (nSPS) is 18.6. The van der Waals surface area contributed by atoms with Crippen LogP contribution in [0.1, 0.15) is 33.4 Å². The van der Waals surface area contributed by atoms with Crippen LogP contribution < -0.4 is 0 Å². The van der Waals surface area contributed by atoms with E-state index in [1.165, 1.54) is 28.2 Å². The van der Waals surface area contributed by atoms with E-state index in [1.54, 1.807) is 19.1 Å². The van der Waals surface area contributed by atoms with Gasteiger partial charge in [0.15, 0.2) is 16.4 Å². The Hall–Kier alpha value is -1.49. The molecular weight excluding hydrogens is 492 g/mol. The summed E-state index contributed by atoms with van der Waals surface area (Å²) in [6, 6.07) is 3.09. The van der Waals surface area contributed by atoms with E-state index in [2.05, 4.69) is 21.0 Å². The Balaban J connectivity index is 1.64. The molecule has 0 aromatic carbocycles. The fourth-order valence-corrected chi connectivity index (χ4v) is 6.18. The lowest BCUT2D eigenvalue weighted by Gasteiger charge is -2.09. The Morgan fingerprint density at radius 3 is 2.82 bits per heavy atom. The van der Waals surface area contributed by atoms with Crippen molar-refractivity contribution in [2.24, 2.45) is 0 Å². The van der Waals surface area contributed by atoms with Crippen LogP contribution in [0.15, 0.2) is 22.0 Å². The van der Waals surface area contributed by atoms with Crippen molar-refractivity contribution in [3.8, 4) is 0 Å². The molecule has 0 radical (unpaired) electrons. The number of aryl methyl sites for hydroxylation is 1. The largest absolute Gasteiger partial charge is 0.454 e. The third-order valence-electron chi connectivity index (χ3n) is 4.20. The van der Waals surface area contributed by atoms with Gasteiger partial charge in [0, 0.05) is 11.6 Å². The summed E-state index contributed by atoms with van der Waals surface area (Å²) < 4.78 is 30.6. The fourth-order valence-electron chi connectivity index (χ4n) is 2.80. The molecule has 0 saturated carbocycles. The molecule has 2 aromatic rings. The van der Waals surface area contributed by atoms with Gasteiger partial charge in [0.2, 0.25) is 5.78 Å². The molecule has 0 spiro atoms. The minimum atomic E-state index is -3.07. The van der Waals surface area contributed by atoms with Crippen molar-refractivity contribution in [1.29, 1.82) is 0 Å². The first-order chi connectivity index (χ1) is 13.2. The molecule has 28 heavy (non-hydrogen) atoms. The highest BCUT2D eigenvalue weighted by Gasteiger charge is 2.31. The van der Waals surface area contributed by atoms with Crippen molar-refractivity contribution in [3.63, 3.8) is 0 Å². The van der Waals surface area contributed by atoms with E-state index in [9.17, 15) is 18.0 Å². The van der Waals surface area contributed by atoms with Crippen LogP contribution in [0.3, 0.4) is 0 Å². The van der Waals surface area contributed by atoms with E-state index >= 15 is 0 Å². The average molecular weight is 508 g/mol. The summed E-state index contributed by atoms with van der Waals surface area (Å²) in [7, 11) is -3.07. The Morgan fingerprint density at radius 2 is 2.21 bits per heavy atom. The van der Waals surface area contributed by atoms with Gasteiger partial charge in [0.1, 0.15) is 5.15 Å². The van der Waals surface area contributed by atoms with E-state index in [4.69, 9.17) is 16.3 Å². The topological polar surface area (TPSA) is 95.3 Å². The number of sulfone groups is 1. The summed E-state index contributed by atoms with van der Waals surface area (Å²) in [6.45, 7) is 1.36. The van der Waals surface area contributed by atoms with Crippen molar-refractivity contribution in [3.05, 3.63) is 43.3 Å². The molecule has 0 N–H and O–H groups in total. The number of nitrogens with zero attached hydrogens (tertiary/aromatic N) is 2. The van der Waals surface area contributed by atoms with Crippen molar-refractivity contribution >= 4 is 66.5 Å². The Morgan fingerprint density at radius 1 is 1.46 bits per heavy atom. The van der Waals surface area contributed by atoms with Crippen molar-refractivity contribution in [1.82, 2.24) is 9.78 Å².